The number of aliphatic hydroxyl groups excluding tert-OH is 4. The van der Waals surface area contributed by atoms with Gasteiger partial charge in [0, 0.05) is 12.8 Å². The van der Waals surface area contributed by atoms with E-state index in [0.29, 0.717) is 6.42 Å². The molecule has 10 nitrogen and oxygen atoms in total. The van der Waals surface area contributed by atoms with E-state index in [0.717, 1.165) is 38.5 Å². The number of ether oxygens (including phenoxy) is 4. The zero-order chi connectivity index (χ0) is 39.5. The van der Waals surface area contributed by atoms with Crippen molar-refractivity contribution in [2.45, 2.75) is 250 Å². The second-order valence-electron chi connectivity index (χ2n) is 15.9. The van der Waals surface area contributed by atoms with Crippen LogP contribution in [0, 0.1) is 0 Å². The maximum absolute atomic E-state index is 12.8. The minimum atomic E-state index is -1.59. The standard InChI is InChI=1S/C44H84O10/c1-3-5-7-9-11-13-15-16-17-18-19-20-21-23-25-27-29-31-33-40(47)53-37(36-52-44-43(50)42(49)41(48)38(34-45)54-44)35-51-39(46)32-30-28-26-24-22-14-12-10-8-6-4-2/h37-38,41-45,48-50H,3-36H2,1-2H3/t37-,38-,41+,42?,43?,44-/m1/s1. The van der Waals surface area contributed by atoms with Gasteiger partial charge in [0.25, 0.3) is 0 Å². The van der Waals surface area contributed by atoms with Crippen LogP contribution in [-0.2, 0) is 28.5 Å². The molecule has 1 heterocycles. The van der Waals surface area contributed by atoms with Crippen molar-refractivity contribution in [2.75, 3.05) is 19.8 Å². The second-order valence-corrected chi connectivity index (χ2v) is 15.9. The molecule has 0 bridgehead atoms. The molecule has 0 aromatic carbocycles. The fraction of sp³-hybridized carbons (Fsp3) is 0.955. The van der Waals surface area contributed by atoms with E-state index in [1.165, 1.54) is 141 Å². The smallest absolute Gasteiger partial charge is 0.306 e. The van der Waals surface area contributed by atoms with Gasteiger partial charge in [-0.2, -0.15) is 0 Å². The third-order valence-corrected chi connectivity index (χ3v) is 10.7. The second kappa shape index (κ2) is 36.1. The minimum Gasteiger partial charge on any atom is -0.462 e. The minimum absolute atomic E-state index is 0.209. The lowest BCUT2D eigenvalue weighted by atomic mass is 9.99. The van der Waals surface area contributed by atoms with Crippen LogP contribution in [0.1, 0.15) is 213 Å². The van der Waals surface area contributed by atoms with Gasteiger partial charge in [-0.25, -0.2) is 0 Å². The average Bonchev–Trinajstić information content (AvgIpc) is 3.17. The van der Waals surface area contributed by atoms with Crippen LogP contribution in [0.5, 0.6) is 0 Å². The van der Waals surface area contributed by atoms with Gasteiger partial charge in [-0.05, 0) is 12.8 Å². The van der Waals surface area contributed by atoms with Crippen LogP contribution in [0.4, 0.5) is 0 Å². The van der Waals surface area contributed by atoms with Gasteiger partial charge in [0.05, 0.1) is 13.2 Å². The van der Waals surface area contributed by atoms with Gasteiger partial charge in [0.2, 0.25) is 0 Å². The highest BCUT2D eigenvalue weighted by Gasteiger charge is 2.44. The first-order valence-corrected chi connectivity index (χ1v) is 22.6. The monoisotopic (exact) mass is 773 g/mol. The topological polar surface area (TPSA) is 152 Å². The van der Waals surface area contributed by atoms with Gasteiger partial charge < -0.3 is 39.4 Å². The Morgan fingerprint density at radius 2 is 0.870 bits per heavy atom. The molecule has 4 N–H and O–H groups in total. The fourth-order valence-electron chi connectivity index (χ4n) is 7.13. The normalized spacial score (nSPS) is 20.6. The first-order valence-electron chi connectivity index (χ1n) is 22.6. The molecule has 10 heteroatoms. The van der Waals surface area contributed by atoms with E-state index in [9.17, 15) is 30.0 Å². The van der Waals surface area contributed by atoms with Gasteiger partial charge in [0.15, 0.2) is 12.4 Å². The zero-order valence-corrected chi connectivity index (χ0v) is 34.7. The van der Waals surface area contributed by atoms with Crippen molar-refractivity contribution < 1.29 is 49.0 Å². The molecule has 1 aliphatic heterocycles. The Kier molecular flexibility index (Phi) is 33.9. The highest BCUT2D eigenvalue weighted by Crippen LogP contribution is 2.23. The molecule has 1 fully saturated rings. The van der Waals surface area contributed by atoms with E-state index in [1.807, 2.05) is 0 Å². The van der Waals surface area contributed by atoms with Gasteiger partial charge in [-0.1, -0.05) is 187 Å². The predicted molar refractivity (Wildman–Crippen MR) is 215 cm³/mol. The van der Waals surface area contributed by atoms with Crippen LogP contribution in [0.2, 0.25) is 0 Å². The highest BCUT2D eigenvalue weighted by atomic mass is 16.7. The zero-order valence-electron chi connectivity index (χ0n) is 34.7. The third kappa shape index (κ3) is 27.3. The van der Waals surface area contributed by atoms with Crippen LogP contribution in [0.3, 0.4) is 0 Å². The number of aliphatic hydroxyl groups is 4. The Balaban J connectivity index is 2.29. The summed E-state index contributed by atoms with van der Waals surface area (Å²) in [5, 5.41) is 40.0. The molecule has 0 saturated carbocycles. The number of rotatable bonds is 38. The van der Waals surface area contributed by atoms with E-state index in [2.05, 4.69) is 13.8 Å². The average molecular weight is 773 g/mol. The lowest BCUT2D eigenvalue weighted by molar-refractivity contribution is -0.305. The third-order valence-electron chi connectivity index (χ3n) is 10.7. The predicted octanol–water partition coefficient (Wildman–Crippen LogP) is 9.39. The maximum Gasteiger partial charge on any atom is 0.306 e. The van der Waals surface area contributed by atoms with E-state index in [1.54, 1.807) is 0 Å². The van der Waals surface area contributed by atoms with Crippen LogP contribution >= 0.6 is 0 Å². The number of esters is 2. The Labute approximate surface area is 329 Å². The van der Waals surface area contributed by atoms with E-state index in [-0.39, 0.29) is 32.0 Å². The molecule has 0 radical (unpaired) electrons. The van der Waals surface area contributed by atoms with Crippen LogP contribution < -0.4 is 0 Å². The number of carbonyl (C=O) groups is 2. The summed E-state index contributed by atoms with van der Waals surface area (Å²) in [5.41, 5.74) is 0. The van der Waals surface area contributed by atoms with E-state index in [4.69, 9.17) is 18.9 Å². The van der Waals surface area contributed by atoms with Crippen LogP contribution in [0.15, 0.2) is 0 Å². The molecule has 54 heavy (non-hydrogen) atoms. The molecule has 0 amide bonds. The molecule has 1 saturated heterocycles. The van der Waals surface area contributed by atoms with Gasteiger partial charge >= 0.3 is 11.9 Å². The lowest BCUT2D eigenvalue weighted by Gasteiger charge is -2.39. The fourth-order valence-corrected chi connectivity index (χ4v) is 7.13. The Hall–Kier alpha value is -1.30. The summed E-state index contributed by atoms with van der Waals surface area (Å²) in [5.74, 6) is -0.793. The van der Waals surface area contributed by atoms with Gasteiger partial charge in [-0.3, -0.25) is 9.59 Å². The SMILES string of the molecule is CCCCCCCCCCCCCCCCCCCCC(=O)O[C@H](COC(=O)CCCCCCCCCCCCC)CO[C@@H]1O[C@H](CO)[C@H](O)C(O)C1O. The quantitative estimate of drug-likeness (QED) is 0.0353. The summed E-state index contributed by atoms with van der Waals surface area (Å²) in [6.45, 7) is 3.44. The number of hydrogen-bond acceptors (Lipinski definition) is 10. The van der Waals surface area contributed by atoms with Crippen molar-refractivity contribution in [3.63, 3.8) is 0 Å². The number of unbranched alkanes of at least 4 members (excludes halogenated alkanes) is 27. The summed E-state index contributed by atoms with van der Waals surface area (Å²) in [6.07, 6.45) is 28.3. The molecular formula is C44H84O10. The number of carbonyl (C=O) groups excluding carboxylic acids is 2. The van der Waals surface area contributed by atoms with Crippen molar-refractivity contribution in [3.05, 3.63) is 0 Å². The molecule has 6 atom stereocenters. The lowest BCUT2D eigenvalue weighted by Crippen LogP contribution is -2.59. The van der Waals surface area contributed by atoms with Gasteiger partial charge in [-0.15, -0.1) is 0 Å². The van der Waals surface area contributed by atoms with Crippen molar-refractivity contribution >= 4 is 11.9 Å². The largest absolute Gasteiger partial charge is 0.462 e. The summed E-state index contributed by atoms with van der Waals surface area (Å²) in [4.78, 5) is 25.3. The van der Waals surface area contributed by atoms with Gasteiger partial charge in [0.1, 0.15) is 31.0 Å². The summed E-state index contributed by atoms with van der Waals surface area (Å²) in [7, 11) is 0. The summed E-state index contributed by atoms with van der Waals surface area (Å²) in [6, 6.07) is 0. The Bertz CT molecular complexity index is 855. The Morgan fingerprint density at radius 1 is 0.500 bits per heavy atom. The van der Waals surface area contributed by atoms with Crippen LogP contribution in [-0.4, -0.2) is 89.0 Å². The maximum atomic E-state index is 12.8. The van der Waals surface area contributed by atoms with Crippen molar-refractivity contribution in [2.24, 2.45) is 0 Å². The summed E-state index contributed by atoms with van der Waals surface area (Å²) < 4.78 is 22.1. The van der Waals surface area contributed by atoms with E-state index < -0.39 is 49.4 Å². The molecule has 1 rings (SSSR count). The molecule has 0 aromatic rings. The highest BCUT2D eigenvalue weighted by molar-refractivity contribution is 5.70. The molecule has 0 spiro atoms. The van der Waals surface area contributed by atoms with Crippen LogP contribution in [0.25, 0.3) is 0 Å². The first kappa shape index (κ1) is 50.7. The van der Waals surface area contributed by atoms with E-state index >= 15 is 0 Å². The molecule has 0 aromatic heterocycles. The van der Waals surface area contributed by atoms with Crippen molar-refractivity contribution in [1.29, 1.82) is 0 Å². The van der Waals surface area contributed by atoms with Crippen molar-refractivity contribution in [1.82, 2.24) is 0 Å². The molecule has 1 aliphatic rings. The number of hydrogen-bond donors (Lipinski definition) is 4. The Morgan fingerprint density at radius 3 is 1.26 bits per heavy atom. The van der Waals surface area contributed by atoms with Crippen molar-refractivity contribution in [3.8, 4) is 0 Å². The molecular weight excluding hydrogens is 688 g/mol. The molecule has 320 valence electrons. The summed E-state index contributed by atoms with van der Waals surface area (Å²) >= 11 is 0. The first-order chi connectivity index (χ1) is 26.3. The molecule has 2 unspecified atom stereocenters. The molecule has 0 aliphatic carbocycles.